The van der Waals surface area contributed by atoms with Crippen LogP contribution in [0.3, 0.4) is 0 Å². The zero-order chi connectivity index (χ0) is 7.61. The second kappa shape index (κ2) is 2.70. The van der Waals surface area contributed by atoms with Crippen molar-refractivity contribution in [2.45, 2.75) is 12.8 Å². The molecule has 1 heterocycles. The Morgan fingerprint density at radius 1 is 1.40 bits per heavy atom. The molecule has 58 valence electrons. The number of carbonyl (C=O) groups excluding carboxylic acids is 1. The minimum atomic E-state index is -2.28. The third-order valence-electron chi connectivity index (χ3n) is 1.83. The van der Waals surface area contributed by atoms with Crippen LogP contribution in [-0.2, 0) is 14.5 Å². The lowest BCUT2D eigenvalue weighted by Crippen LogP contribution is -2.22. The Balaban J connectivity index is 2.54. The molecule has 1 rings (SSSR count). The predicted octanol–water partition coefficient (Wildman–Crippen LogP) is 0.642. The van der Waals surface area contributed by atoms with Gasteiger partial charge in [0.2, 0.25) is 0 Å². The Kier molecular flexibility index (Phi) is 2.08. The summed E-state index contributed by atoms with van der Waals surface area (Å²) in [5.41, 5.74) is 0. The molecule has 0 aromatic heterocycles. The largest absolute Gasteiger partial charge is 0.303 e. The maximum Gasteiger partial charge on any atom is 0.123 e. The van der Waals surface area contributed by atoms with Crippen LogP contribution in [0.4, 0.5) is 0 Å². The van der Waals surface area contributed by atoms with Gasteiger partial charge >= 0.3 is 0 Å². The molecule has 4 heteroatoms. The van der Waals surface area contributed by atoms with Crippen LogP contribution >= 0.6 is 0 Å². The number of nitrogens with one attached hydrogen (secondary N) is 1. The summed E-state index contributed by atoms with van der Waals surface area (Å²) in [6.07, 6.45) is 2.20. The SMILES string of the molecule is N=S1(=O)CCC(C=O)CC1. The van der Waals surface area contributed by atoms with E-state index in [1.165, 1.54) is 0 Å². The van der Waals surface area contributed by atoms with Crippen molar-refractivity contribution in [2.75, 3.05) is 11.5 Å². The quantitative estimate of drug-likeness (QED) is 0.574. The van der Waals surface area contributed by atoms with Crippen molar-refractivity contribution in [1.29, 1.82) is 4.78 Å². The Bertz CT molecular complexity index is 206. The van der Waals surface area contributed by atoms with Crippen molar-refractivity contribution in [3.8, 4) is 0 Å². The number of carbonyl (C=O) groups is 1. The van der Waals surface area contributed by atoms with Gasteiger partial charge in [0.1, 0.15) is 6.29 Å². The highest BCUT2D eigenvalue weighted by Crippen LogP contribution is 2.16. The molecule has 1 N–H and O–H groups in total. The molecule has 0 unspecified atom stereocenters. The van der Waals surface area contributed by atoms with Crippen molar-refractivity contribution in [3.63, 3.8) is 0 Å². The average molecular weight is 161 g/mol. The minimum absolute atomic E-state index is 0.0694. The summed E-state index contributed by atoms with van der Waals surface area (Å²) in [5, 5.41) is 0. The van der Waals surface area contributed by atoms with Gasteiger partial charge in [-0.15, -0.1) is 0 Å². The molecule has 1 saturated heterocycles. The van der Waals surface area contributed by atoms with Crippen LogP contribution in [-0.4, -0.2) is 22.0 Å². The van der Waals surface area contributed by atoms with E-state index in [2.05, 4.69) is 0 Å². The molecule has 0 radical (unpaired) electrons. The molecular formula is C6H11NO2S. The van der Waals surface area contributed by atoms with E-state index in [1.807, 2.05) is 0 Å². The molecule has 10 heavy (non-hydrogen) atoms. The molecule has 0 atom stereocenters. The monoisotopic (exact) mass is 161 g/mol. The molecule has 0 amide bonds. The molecule has 1 aliphatic heterocycles. The van der Waals surface area contributed by atoms with E-state index in [1.54, 1.807) is 0 Å². The van der Waals surface area contributed by atoms with E-state index in [0.717, 1.165) is 6.29 Å². The zero-order valence-electron chi connectivity index (χ0n) is 5.71. The van der Waals surface area contributed by atoms with Gasteiger partial charge in [0.05, 0.1) is 0 Å². The molecular weight excluding hydrogens is 150 g/mol. The van der Waals surface area contributed by atoms with Gasteiger partial charge in [-0.1, -0.05) is 0 Å². The Labute approximate surface area is 60.8 Å². The number of rotatable bonds is 1. The number of aldehydes is 1. The third-order valence-corrected chi connectivity index (χ3v) is 3.62. The number of hydrogen-bond donors (Lipinski definition) is 1. The molecule has 0 bridgehead atoms. The van der Waals surface area contributed by atoms with Crippen molar-refractivity contribution in [2.24, 2.45) is 5.92 Å². The smallest absolute Gasteiger partial charge is 0.123 e. The second-order valence-electron chi connectivity index (χ2n) is 2.69. The maximum atomic E-state index is 11.0. The molecule has 0 aliphatic carbocycles. The lowest BCUT2D eigenvalue weighted by Gasteiger charge is -2.17. The van der Waals surface area contributed by atoms with Crippen LogP contribution in [0.1, 0.15) is 12.8 Å². The van der Waals surface area contributed by atoms with E-state index < -0.39 is 9.73 Å². The zero-order valence-corrected chi connectivity index (χ0v) is 6.52. The molecule has 0 aromatic rings. The van der Waals surface area contributed by atoms with Crippen LogP contribution in [0.15, 0.2) is 0 Å². The van der Waals surface area contributed by atoms with Crippen LogP contribution in [0.2, 0.25) is 0 Å². The number of hydrogen-bond acceptors (Lipinski definition) is 3. The summed E-state index contributed by atoms with van der Waals surface area (Å²) in [4.78, 5) is 10.2. The normalized spacial score (nSPS) is 41.0. The molecule has 3 nitrogen and oxygen atoms in total. The molecule has 0 aromatic carbocycles. The van der Waals surface area contributed by atoms with E-state index in [-0.39, 0.29) is 5.92 Å². The molecule has 1 aliphatic rings. The summed E-state index contributed by atoms with van der Waals surface area (Å²) in [5.74, 6) is 0.896. The molecule has 0 spiro atoms. The van der Waals surface area contributed by atoms with E-state index >= 15 is 0 Å². The third kappa shape index (κ3) is 1.80. The van der Waals surface area contributed by atoms with E-state index in [0.29, 0.717) is 24.3 Å². The highest BCUT2D eigenvalue weighted by Gasteiger charge is 2.19. The first-order valence-corrected chi connectivity index (χ1v) is 5.23. The highest BCUT2D eigenvalue weighted by atomic mass is 32.2. The summed E-state index contributed by atoms with van der Waals surface area (Å²) in [6, 6.07) is 0. The van der Waals surface area contributed by atoms with Crippen molar-refractivity contribution >= 4 is 16.0 Å². The molecule has 0 saturated carbocycles. The van der Waals surface area contributed by atoms with Crippen LogP contribution in [0.25, 0.3) is 0 Å². The van der Waals surface area contributed by atoms with E-state index in [9.17, 15) is 9.00 Å². The standard InChI is InChI=1S/C6H11NO2S/c7-10(9)3-1-6(5-8)2-4-10/h5-7H,1-4H2. The van der Waals surface area contributed by atoms with Gasteiger partial charge in [-0.2, -0.15) is 0 Å². The van der Waals surface area contributed by atoms with Crippen molar-refractivity contribution < 1.29 is 9.00 Å². The Hall–Kier alpha value is -0.380. The van der Waals surface area contributed by atoms with Crippen molar-refractivity contribution in [1.82, 2.24) is 0 Å². The summed E-state index contributed by atoms with van der Waals surface area (Å²) >= 11 is 0. The highest BCUT2D eigenvalue weighted by molar-refractivity contribution is 7.92. The van der Waals surface area contributed by atoms with Gasteiger partial charge in [-0.3, -0.25) is 4.78 Å². The summed E-state index contributed by atoms with van der Waals surface area (Å²) in [6.45, 7) is 0. The van der Waals surface area contributed by atoms with Crippen molar-refractivity contribution in [3.05, 3.63) is 0 Å². The topological polar surface area (TPSA) is 58.0 Å². The fraction of sp³-hybridized carbons (Fsp3) is 0.833. The molecule has 1 fully saturated rings. The van der Waals surface area contributed by atoms with Gasteiger partial charge in [-0.25, -0.2) is 4.21 Å². The van der Waals surface area contributed by atoms with Gasteiger partial charge in [0, 0.05) is 27.2 Å². The fourth-order valence-electron chi connectivity index (χ4n) is 1.07. The van der Waals surface area contributed by atoms with Crippen LogP contribution in [0.5, 0.6) is 0 Å². The van der Waals surface area contributed by atoms with Crippen LogP contribution in [0, 0.1) is 10.7 Å². The predicted molar refractivity (Wildman–Crippen MR) is 39.4 cm³/mol. The fourth-order valence-corrected chi connectivity index (χ4v) is 2.64. The Morgan fingerprint density at radius 3 is 2.30 bits per heavy atom. The first kappa shape index (κ1) is 7.72. The Morgan fingerprint density at radius 2 is 1.90 bits per heavy atom. The van der Waals surface area contributed by atoms with Gasteiger partial charge in [0.15, 0.2) is 0 Å². The first-order valence-electron chi connectivity index (χ1n) is 3.33. The maximum absolute atomic E-state index is 11.0. The first-order chi connectivity index (χ1) is 4.64. The van der Waals surface area contributed by atoms with Gasteiger partial charge in [-0.05, 0) is 12.8 Å². The lowest BCUT2D eigenvalue weighted by molar-refractivity contribution is -0.111. The van der Waals surface area contributed by atoms with E-state index in [4.69, 9.17) is 4.78 Å². The average Bonchev–Trinajstić information content (AvgIpc) is 1.88. The van der Waals surface area contributed by atoms with Gasteiger partial charge in [0.25, 0.3) is 0 Å². The lowest BCUT2D eigenvalue weighted by atomic mass is 10.1. The minimum Gasteiger partial charge on any atom is -0.303 e. The summed E-state index contributed by atoms with van der Waals surface area (Å²) < 4.78 is 18.2. The second-order valence-corrected chi connectivity index (χ2v) is 5.13. The van der Waals surface area contributed by atoms with Gasteiger partial charge < -0.3 is 4.79 Å². The van der Waals surface area contributed by atoms with Crippen LogP contribution < -0.4 is 0 Å². The summed E-state index contributed by atoms with van der Waals surface area (Å²) in [7, 11) is -2.28.